The second-order valence-corrected chi connectivity index (χ2v) is 6.44. The molecule has 2 rings (SSSR count). The smallest absolute Gasteiger partial charge is 0.258 e. The molecule has 0 amide bonds. The lowest BCUT2D eigenvalue weighted by molar-refractivity contribution is -0.385. The molecule has 0 saturated heterocycles. The molecule has 1 N–H and O–H groups in total. The third-order valence-corrected chi connectivity index (χ3v) is 4.87. The fourth-order valence-electron chi connectivity index (χ4n) is 2.30. The zero-order valence-corrected chi connectivity index (χ0v) is 11.4. The number of rotatable bonds is 4. The van der Waals surface area contributed by atoms with Gasteiger partial charge in [0, 0.05) is 12.1 Å². The van der Waals surface area contributed by atoms with Gasteiger partial charge >= 0.3 is 0 Å². The van der Waals surface area contributed by atoms with Crippen LogP contribution < -0.4 is 4.72 Å². The highest BCUT2D eigenvalue weighted by Gasteiger charge is 2.38. The summed E-state index contributed by atoms with van der Waals surface area (Å²) >= 11 is 0. The van der Waals surface area contributed by atoms with Crippen molar-refractivity contribution in [1.29, 1.82) is 5.26 Å². The minimum Gasteiger partial charge on any atom is -0.258 e. The number of nitro benzene ring substituents is 1. The Hall–Kier alpha value is -1.98. The summed E-state index contributed by atoms with van der Waals surface area (Å²) < 4.78 is 26.9. The predicted molar refractivity (Wildman–Crippen MR) is 70.2 cm³/mol. The molecule has 0 bridgehead atoms. The molecule has 20 heavy (non-hydrogen) atoms. The molecule has 1 saturated carbocycles. The Morgan fingerprint density at radius 2 is 2.00 bits per heavy atom. The SMILES string of the molecule is N#CC1(NS(=O)(=O)c2cccc([N+](=O)[O-])c2)CCCC1. The number of sulfonamides is 1. The van der Waals surface area contributed by atoms with Crippen molar-refractivity contribution in [2.24, 2.45) is 0 Å². The zero-order chi connectivity index (χ0) is 14.8. The number of benzene rings is 1. The largest absolute Gasteiger partial charge is 0.270 e. The first-order valence-corrected chi connectivity index (χ1v) is 7.57. The Kier molecular flexibility index (Phi) is 3.74. The maximum Gasteiger partial charge on any atom is 0.270 e. The molecule has 1 aliphatic rings. The van der Waals surface area contributed by atoms with E-state index >= 15 is 0 Å². The van der Waals surface area contributed by atoms with E-state index in [0.717, 1.165) is 18.9 Å². The molecule has 1 fully saturated rings. The number of hydrogen-bond donors (Lipinski definition) is 1. The highest BCUT2D eigenvalue weighted by atomic mass is 32.2. The van der Waals surface area contributed by atoms with Crippen LogP contribution in [0.15, 0.2) is 29.2 Å². The van der Waals surface area contributed by atoms with E-state index < -0.39 is 20.5 Å². The van der Waals surface area contributed by atoms with E-state index in [1.54, 1.807) is 0 Å². The van der Waals surface area contributed by atoms with Gasteiger partial charge in [-0.2, -0.15) is 9.98 Å². The summed E-state index contributed by atoms with van der Waals surface area (Å²) in [5.41, 5.74) is -1.39. The summed E-state index contributed by atoms with van der Waals surface area (Å²) in [6.45, 7) is 0. The molecule has 0 aromatic heterocycles. The number of nitrogens with zero attached hydrogens (tertiary/aromatic N) is 2. The number of nitriles is 1. The lowest BCUT2D eigenvalue weighted by atomic mass is 10.0. The van der Waals surface area contributed by atoms with E-state index in [2.05, 4.69) is 4.72 Å². The summed E-state index contributed by atoms with van der Waals surface area (Å²) in [4.78, 5) is 9.82. The van der Waals surface area contributed by atoms with E-state index in [0.29, 0.717) is 12.8 Å². The minimum absolute atomic E-state index is 0.201. The molecule has 106 valence electrons. The number of non-ortho nitro benzene ring substituents is 1. The summed E-state index contributed by atoms with van der Waals surface area (Å²) in [5.74, 6) is 0. The van der Waals surface area contributed by atoms with Gasteiger partial charge in [-0.1, -0.05) is 18.9 Å². The van der Waals surface area contributed by atoms with E-state index in [-0.39, 0.29) is 10.6 Å². The van der Waals surface area contributed by atoms with Crippen LogP contribution in [-0.2, 0) is 10.0 Å². The molecule has 7 nitrogen and oxygen atoms in total. The highest BCUT2D eigenvalue weighted by molar-refractivity contribution is 7.89. The molecule has 1 aliphatic carbocycles. The lowest BCUT2D eigenvalue weighted by Gasteiger charge is -2.21. The van der Waals surface area contributed by atoms with Gasteiger partial charge in [-0.05, 0) is 18.9 Å². The molecule has 8 heteroatoms. The van der Waals surface area contributed by atoms with Crippen LogP contribution >= 0.6 is 0 Å². The van der Waals surface area contributed by atoms with Gasteiger partial charge in [0.15, 0.2) is 0 Å². The second-order valence-electron chi connectivity index (χ2n) is 4.76. The summed E-state index contributed by atoms with van der Waals surface area (Å²) in [6.07, 6.45) is 2.48. The van der Waals surface area contributed by atoms with Crippen molar-refractivity contribution in [1.82, 2.24) is 4.72 Å². The van der Waals surface area contributed by atoms with Gasteiger partial charge in [0.25, 0.3) is 5.69 Å². The maximum atomic E-state index is 12.2. The van der Waals surface area contributed by atoms with Crippen molar-refractivity contribution < 1.29 is 13.3 Å². The molecule has 1 aromatic carbocycles. The molecular formula is C12H13N3O4S. The van der Waals surface area contributed by atoms with Crippen molar-refractivity contribution in [3.05, 3.63) is 34.4 Å². The Morgan fingerprint density at radius 1 is 1.35 bits per heavy atom. The summed E-state index contributed by atoms with van der Waals surface area (Å²) in [7, 11) is -3.95. The quantitative estimate of drug-likeness (QED) is 0.671. The van der Waals surface area contributed by atoms with Crippen molar-refractivity contribution in [2.45, 2.75) is 36.1 Å². The Labute approximate surface area is 116 Å². The van der Waals surface area contributed by atoms with E-state index in [1.807, 2.05) is 6.07 Å². The van der Waals surface area contributed by atoms with Crippen LogP contribution in [0.5, 0.6) is 0 Å². The van der Waals surface area contributed by atoms with Crippen molar-refractivity contribution >= 4 is 15.7 Å². The Morgan fingerprint density at radius 3 is 2.55 bits per heavy atom. The maximum absolute atomic E-state index is 12.2. The third kappa shape index (κ3) is 2.79. The van der Waals surface area contributed by atoms with E-state index in [4.69, 9.17) is 0 Å². The van der Waals surface area contributed by atoms with Crippen LogP contribution in [0, 0.1) is 21.4 Å². The molecule has 0 heterocycles. The molecule has 0 radical (unpaired) electrons. The van der Waals surface area contributed by atoms with Crippen LogP contribution in [0.1, 0.15) is 25.7 Å². The summed E-state index contributed by atoms with van der Waals surface area (Å²) in [5, 5.41) is 19.9. The van der Waals surface area contributed by atoms with Gasteiger partial charge in [-0.15, -0.1) is 0 Å². The van der Waals surface area contributed by atoms with Crippen LogP contribution in [0.2, 0.25) is 0 Å². The fourth-order valence-corrected chi connectivity index (χ4v) is 3.71. The van der Waals surface area contributed by atoms with Crippen LogP contribution in [-0.4, -0.2) is 18.9 Å². The van der Waals surface area contributed by atoms with Gasteiger partial charge < -0.3 is 0 Å². The monoisotopic (exact) mass is 295 g/mol. The van der Waals surface area contributed by atoms with Crippen LogP contribution in [0.4, 0.5) is 5.69 Å². The van der Waals surface area contributed by atoms with E-state index in [9.17, 15) is 23.8 Å². The molecule has 0 aliphatic heterocycles. The van der Waals surface area contributed by atoms with Crippen LogP contribution in [0.3, 0.4) is 0 Å². The Bertz CT molecular complexity index is 672. The normalized spacial score (nSPS) is 17.6. The first kappa shape index (κ1) is 14.4. The van der Waals surface area contributed by atoms with Gasteiger partial charge in [0.2, 0.25) is 10.0 Å². The number of hydrogen-bond acceptors (Lipinski definition) is 5. The van der Waals surface area contributed by atoms with Crippen molar-refractivity contribution in [3.8, 4) is 6.07 Å². The highest BCUT2D eigenvalue weighted by Crippen LogP contribution is 2.31. The van der Waals surface area contributed by atoms with Crippen LogP contribution in [0.25, 0.3) is 0 Å². The summed E-state index contributed by atoms with van der Waals surface area (Å²) in [6, 6.07) is 6.80. The number of nitro groups is 1. The first-order chi connectivity index (χ1) is 9.38. The van der Waals surface area contributed by atoms with Gasteiger partial charge in [-0.3, -0.25) is 10.1 Å². The molecule has 0 atom stereocenters. The number of nitrogens with one attached hydrogen (secondary N) is 1. The van der Waals surface area contributed by atoms with E-state index in [1.165, 1.54) is 18.2 Å². The zero-order valence-electron chi connectivity index (χ0n) is 10.6. The van der Waals surface area contributed by atoms with Gasteiger partial charge in [0.05, 0.1) is 15.9 Å². The minimum atomic E-state index is -3.95. The van der Waals surface area contributed by atoms with Gasteiger partial charge in [0.1, 0.15) is 5.54 Å². The first-order valence-electron chi connectivity index (χ1n) is 6.08. The lowest BCUT2D eigenvalue weighted by Crippen LogP contribution is -2.44. The molecule has 1 aromatic rings. The third-order valence-electron chi connectivity index (χ3n) is 3.34. The molecule has 0 unspecified atom stereocenters. The molecular weight excluding hydrogens is 282 g/mol. The predicted octanol–water partition coefficient (Wildman–Crippen LogP) is 1.71. The topological polar surface area (TPSA) is 113 Å². The molecule has 0 spiro atoms. The van der Waals surface area contributed by atoms with Gasteiger partial charge in [-0.25, -0.2) is 8.42 Å². The average molecular weight is 295 g/mol. The van der Waals surface area contributed by atoms with Crippen molar-refractivity contribution in [3.63, 3.8) is 0 Å². The average Bonchev–Trinajstić information content (AvgIpc) is 2.87. The fraction of sp³-hybridized carbons (Fsp3) is 0.417. The standard InChI is InChI=1S/C12H13N3O4S/c13-9-12(6-1-2-7-12)14-20(18,19)11-5-3-4-10(8-11)15(16)17/h3-5,8,14H,1-2,6-7H2. The second kappa shape index (κ2) is 5.19. The Balaban J connectivity index is 2.34. The van der Waals surface area contributed by atoms with Crippen molar-refractivity contribution in [2.75, 3.05) is 0 Å².